The standard InChI is InChI=1S/C16H20N6O/c1-11-5-7-22(14(23)8-17-2)9-13(11)21(3)16-12-4-6-18-15(12)19-10-20-16/h4,6,10-11,13H,5,7-9H2,1,3H3,(H,18,19,20)/t11-,13+/m1/s1/i3D3,5D2,7D2,9D2,10D,11D,13D. The van der Waals surface area contributed by atoms with E-state index in [4.69, 9.17) is 23.0 Å². The number of H-pyrrole nitrogens is 1. The second-order valence-electron chi connectivity index (χ2n) is 4.59. The molecule has 1 N–H and O–H groups in total. The average Bonchev–Trinajstić information content (AvgIpc) is 3.13. The quantitative estimate of drug-likeness (QED) is 0.870. The van der Waals surface area contributed by atoms with E-state index in [-0.39, 0.29) is 20.8 Å². The zero-order valence-electron chi connectivity index (χ0n) is 24.0. The van der Waals surface area contributed by atoms with E-state index >= 15 is 0 Å². The second-order valence-corrected chi connectivity index (χ2v) is 4.59. The van der Waals surface area contributed by atoms with Crippen LogP contribution in [0.5, 0.6) is 0 Å². The summed E-state index contributed by atoms with van der Waals surface area (Å²) in [5, 5.41) is -0.108. The van der Waals surface area contributed by atoms with Crippen LogP contribution >= 0.6 is 0 Å². The Kier molecular flexibility index (Phi) is 1.76. The number of nitrogens with zero attached hydrogens (tertiary/aromatic N) is 5. The fourth-order valence-electron chi connectivity index (χ4n) is 1.99. The Bertz CT molecular complexity index is 1220. The van der Waals surface area contributed by atoms with E-state index in [9.17, 15) is 4.79 Å². The minimum Gasteiger partial charge on any atom is -0.354 e. The molecular weight excluding hydrogens is 292 g/mol. The first-order valence-electron chi connectivity index (χ1n) is 12.5. The van der Waals surface area contributed by atoms with Crippen molar-refractivity contribution in [3.8, 4) is 0 Å². The fraction of sp³-hybridized carbons (Fsp3) is 0.500. The maximum atomic E-state index is 12.8. The minimum absolute atomic E-state index is 0.00802. The Balaban J connectivity index is 2.50. The van der Waals surface area contributed by atoms with E-state index in [1.807, 2.05) is 0 Å². The number of hydrogen-bond donors (Lipinski definition) is 1. The average molecular weight is 324 g/mol. The molecule has 3 rings (SSSR count). The van der Waals surface area contributed by atoms with E-state index in [2.05, 4.69) is 19.8 Å². The van der Waals surface area contributed by atoms with Gasteiger partial charge in [0.2, 0.25) is 0 Å². The van der Waals surface area contributed by atoms with Crippen LogP contribution in [-0.4, -0.2) is 58.3 Å². The van der Waals surface area contributed by atoms with E-state index in [0.29, 0.717) is 6.92 Å². The number of carbonyl (C=O) groups excluding carboxylic acids is 1. The molecule has 23 heavy (non-hydrogen) atoms. The predicted molar refractivity (Wildman–Crippen MR) is 87.9 cm³/mol. The third kappa shape index (κ3) is 2.84. The highest BCUT2D eigenvalue weighted by Gasteiger charge is 2.33. The third-order valence-corrected chi connectivity index (χ3v) is 3.11. The van der Waals surface area contributed by atoms with Crippen molar-refractivity contribution in [2.24, 2.45) is 5.89 Å². The summed E-state index contributed by atoms with van der Waals surface area (Å²) in [7, 11) is 0. The Morgan fingerprint density at radius 3 is 3.43 bits per heavy atom. The van der Waals surface area contributed by atoms with Crippen molar-refractivity contribution in [2.75, 3.05) is 31.4 Å². The van der Waals surface area contributed by atoms with Gasteiger partial charge < -0.3 is 19.6 Å². The summed E-state index contributed by atoms with van der Waals surface area (Å²) in [6, 6.07) is -2.34. The largest absolute Gasteiger partial charge is 0.354 e. The number of amides is 1. The molecule has 0 aromatic carbocycles. The van der Waals surface area contributed by atoms with Gasteiger partial charge in [-0.2, -0.15) is 0 Å². The normalized spacial score (nSPS) is 42.3. The van der Waals surface area contributed by atoms with E-state index in [1.165, 1.54) is 12.3 Å². The summed E-state index contributed by atoms with van der Waals surface area (Å²) in [5.41, 5.74) is -0.0693. The van der Waals surface area contributed by atoms with Crippen LogP contribution in [0.15, 0.2) is 18.6 Å². The van der Waals surface area contributed by atoms with Crippen molar-refractivity contribution in [1.29, 1.82) is 0 Å². The molecule has 2 aromatic rings. The van der Waals surface area contributed by atoms with Crippen LogP contribution in [0, 0.1) is 12.5 Å². The molecule has 120 valence electrons. The van der Waals surface area contributed by atoms with Gasteiger partial charge in [0.05, 0.1) is 15.5 Å². The summed E-state index contributed by atoms with van der Waals surface area (Å²) in [4.78, 5) is 25.4. The number of fused-ring (bicyclic) bond motifs is 1. The van der Waals surface area contributed by atoms with Gasteiger partial charge in [0, 0.05) is 37.1 Å². The topological polar surface area (TPSA) is 69.5 Å². The number of carbonyl (C=O) groups is 1. The minimum atomic E-state index is -3.72. The van der Waals surface area contributed by atoms with Crippen LogP contribution in [0.3, 0.4) is 0 Å². The van der Waals surface area contributed by atoms with Gasteiger partial charge in [-0.25, -0.2) is 16.5 Å². The van der Waals surface area contributed by atoms with Gasteiger partial charge in [-0.1, -0.05) is 6.92 Å². The molecule has 3 heterocycles. The predicted octanol–water partition coefficient (Wildman–Crippen LogP) is 1.55. The zero-order valence-corrected chi connectivity index (χ0v) is 12.0. The maximum Gasteiger partial charge on any atom is 0.302 e. The fourth-order valence-corrected chi connectivity index (χ4v) is 1.99. The number of nitrogens with one attached hydrogen (secondary N) is 1. The molecule has 1 aliphatic rings. The lowest BCUT2D eigenvalue weighted by Crippen LogP contribution is -2.53. The first-order chi connectivity index (χ1) is 15.7. The number of anilines is 1. The Morgan fingerprint density at radius 2 is 2.65 bits per heavy atom. The lowest BCUT2D eigenvalue weighted by Gasteiger charge is -2.41. The van der Waals surface area contributed by atoms with Gasteiger partial charge in [0.25, 0.3) is 6.54 Å². The van der Waals surface area contributed by atoms with Gasteiger partial charge in [-0.3, -0.25) is 4.79 Å². The molecule has 0 unspecified atom stereocenters. The van der Waals surface area contributed by atoms with Crippen molar-refractivity contribution >= 4 is 22.8 Å². The van der Waals surface area contributed by atoms with E-state index in [1.54, 1.807) is 0 Å². The number of aromatic nitrogens is 3. The monoisotopic (exact) mass is 324 g/mol. The molecule has 2 aromatic heterocycles. The van der Waals surface area contributed by atoms with Crippen LogP contribution in [-0.2, 0) is 4.79 Å². The first-order valence-corrected chi connectivity index (χ1v) is 6.49. The molecule has 7 nitrogen and oxygen atoms in total. The molecule has 0 bridgehead atoms. The van der Waals surface area contributed by atoms with Crippen LogP contribution in [0.2, 0.25) is 0 Å². The third-order valence-electron chi connectivity index (χ3n) is 3.11. The number of piperidine rings is 1. The Labute approximate surface area is 152 Å². The molecule has 0 radical (unpaired) electrons. The van der Waals surface area contributed by atoms with Gasteiger partial charge in [-0.05, 0) is 18.3 Å². The number of likely N-dealkylation sites (N-methyl/N-ethyl adjacent to an activating group) is 1. The summed E-state index contributed by atoms with van der Waals surface area (Å²) in [6.07, 6.45) is -2.99. The molecule has 1 fully saturated rings. The highest BCUT2D eigenvalue weighted by Crippen LogP contribution is 2.28. The molecule has 2 atom stereocenters. The van der Waals surface area contributed by atoms with Crippen molar-refractivity contribution < 1.29 is 21.2 Å². The molecular formula is C16H20N6O. The smallest absolute Gasteiger partial charge is 0.302 e. The van der Waals surface area contributed by atoms with E-state index < -0.39 is 62.8 Å². The molecule has 0 saturated carbocycles. The van der Waals surface area contributed by atoms with Gasteiger partial charge >= 0.3 is 5.91 Å². The number of rotatable bonds is 3. The number of hydrogen-bond acceptors (Lipinski definition) is 4. The summed E-state index contributed by atoms with van der Waals surface area (Å²) < 4.78 is 101. The van der Waals surface area contributed by atoms with Crippen molar-refractivity contribution in [1.82, 2.24) is 19.9 Å². The second kappa shape index (κ2) is 6.24. The SMILES string of the molecule is [2H]c1nc(N(C([2H])([2H])[2H])[C@@]2([2H])C([2H])([2H])N(C(=O)C[N+]#[C-])C([2H])([2H])C([2H])([2H])[C@@]2([2H])C)c2cc[nH]c2n1. The lowest BCUT2D eigenvalue weighted by molar-refractivity contribution is -0.130. The molecule has 1 amide bonds. The lowest BCUT2D eigenvalue weighted by atomic mass is 9.92. The molecule has 0 aliphatic carbocycles. The van der Waals surface area contributed by atoms with Crippen molar-refractivity contribution in [3.05, 3.63) is 30.0 Å². The van der Waals surface area contributed by atoms with Gasteiger partial charge in [0.15, 0.2) is 0 Å². The van der Waals surface area contributed by atoms with Gasteiger partial charge in [0.1, 0.15) is 19.1 Å². The number of aromatic amines is 1. The van der Waals surface area contributed by atoms with E-state index in [0.717, 1.165) is 0 Å². The molecule has 1 saturated heterocycles. The Morgan fingerprint density at radius 1 is 1.78 bits per heavy atom. The van der Waals surface area contributed by atoms with Crippen LogP contribution in [0.4, 0.5) is 5.82 Å². The zero-order chi connectivity index (χ0) is 27.0. The van der Waals surface area contributed by atoms with Crippen LogP contribution < -0.4 is 4.90 Å². The summed E-state index contributed by atoms with van der Waals surface area (Å²) >= 11 is 0. The van der Waals surface area contributed by atoms with Crippen LogP contribution in [0.25, 0.3) is 15.9 Å². The molecule has 1 aliphatic heterocycles. The van der Waals surface area contributed by atoms with Gasteiger partial charge in [-0.15, -0.1) is 0 Å². The summed E-state index contributed by atoms with van der Waals surface area (Å²) in [5.74, 6) is -5.51. The van der Waals surface area contributed by atoms with Crippen molar-refractivity contribution in [2.45, 2.75) is 19.3 Å². The number of likely N-dealkylation sites (tertiary alicyclic amines) is 1. The molecule has 7 heteroatoms. The van der Waals surface area contributed by atoms with Crippen LogP contribution in [0.1, 0.15) is 29.7 Å². The Hall–Kier alpha value is -2.62. The highest BCUT2D eigenvalue weighted by molar-refractivity contribution is 5.87. The maximum absolute atomic E-state index is 12.8. The highest BCUT2D eigenvalue weighted by atomic mass is 16.2. The first kappa shape index (κ1) is 6.48. The van der Waals surface area contributed by atoms with Crippen molar-refractivity contribution in [3.63, 3.8) is 0 Å². The molecule has 0 spiro atoms. The summed E-state index contributed by atoms with van der Waals surface area (Å²) in [6.45, 7) is -4.36.